The van der Waals surface area contributed by atoms with E-state index in [4.69, 9.17) is 0 Å². The summed E-state index contributed by atoms with van der Waals surface area (Å²) in [6.45, 7) is 3.74. The first-order valence-electron chi connectivity index (χ1n) is 7.27. The highest BCUT2D eigenvalue weighted by Crippen LogP contribution is 2.26. The maximum absolute atomic E-state index is 12.5. The number of aryl methyl sites for hydroxylation is 2. The Morgan fingerprint density at radius 2 is 1.87 bits per heavy atom. The van der Waals surface area contributed by atoms with Crippen molar-refractivity contribution >= 4 is 11.9 Å². The molecule has 3 aromatic rings. The zero-order chi connectivity index (χ0) is 16.4. The molecule has 0 aliphatic carbocycles. The van der Waals surface area contributed by atoms with Crippen LogP contribution >= 0.6 is 0 Å². The molecule has 1 heterocycles. The van der Waals surface area contributed by atoms with Gasteiger partial charge in [0.05, 0.1) is 11.3 Å². The van der Waals surface area contributed by atoms with Gasteiger partial charge in [0.15, 0.2) is 0 Å². The first-order chi connectivity index (χ1) is 11.1. The van der Waals surface area contributed by atoms with Gasteiger partial charge in [-0.25, -0.2) is 4.68 Å². The third-order valence-electron chi connectivity index (χ3n) is 3.60. The first-order valence-corrected chi connectivity index (χ1v) is 7.27. The van der Waals surface area contributed by atoms with Crippen molar-refractivity contribution in [3.8, 4) is 11.4 Å². The van der Waals surface area contributed by atoms with Gasteiger partial charge in [0, 0.05) is 11.9 Å². The van der Waals surface area contributed by atoms with E-state index in [9.17, 15) is 9.90 Å². The molecular weight excluding hydrogens is 290 g/mol. The molecule has 116 valence electrons. The number of hydrogen-bond donors (Lipinski definition) is 2. The van der Waals surface area contributed by atoms with Gasteiger partial charge in [-0.05, 0) is 43.7 Å². The van der Waals surface area contributed by atoms with Gasteiger partial charge in [-0.1, -0.05) is 24.3 Å². The van der Waals surface area contributed by atoms with Gasteiger partial charge in [-0.2, -0.15) is 0 Å². The van der Waals surface area contributed by atoms with Gasteiger partial charge in [0.25, 0.3) is 5.56 Å². The van der Waals surface area contributed by atoms with Crippen molar-refractivity contribution in [2.24, 2.45) is 4.99 Å². The lowest BCUT2D eigenvalue weighted by Crippen LogP contribution is -2.17. The second kappa shape index (κ2) is 5.96. The number of benzene rings is 2. The number of aromatic nitrogens is 2. The summed E-state index contributed by atoms with van der Waals surface area (Å²) in [7, 11) is 0. The second-order valence-electron chi connectivity index (χ2n) is 5.38. The van der Waals surface area contributed by atoms with Crippen molar-refractivity contribution in [2.75, 3.05) is 0 Å². The number of phenolic OH excluding ortho intramolecular Hbond substituents is 1. The summed E-state index contributed by atoms with van der Waals surface area (Å²) in [5.41, 5.74) is 3.20. The molecule has 0 spiro atoms. The van der Waals surface area contributed by atoms with E-state index in [1.54, 1.807) is 18.2 Å². The van der Waals surface area contributed by atoms with E-state index in [0.29, 0.717) is 11.3 Å². The quantitative estimate of drug-likeness (QED) is 0.729. The molecule has 2 N–H and O–H groups in total. The second-order valence-corrected chi connectivity index (χ2v) is 5.38. The topological polar surface area (TPSA) is 70.4 Å². The van der Waals surface area contributed by atoms with Gasteiger partial charge in [-0.15, -0.1) is 0 Å². The lowest BCUT2D eigenvalue weighted by Gasteiger charge is -1.99. The van der Waals surface area contributed by atoms with Crippen molar-refractivity contribution in [2.45, 2.75) is 13.8 Å². The molecular formula is C18H17N3O2. The Morgan fingerprint density at radius 3 is 2.61 bits per heavy atom. The zero-order valence-electron chi connectivity index (χ0n) is 12.9. The third kappa shape index (κ3) is 2.94. The van der Waals surface area contributed by atoms with E-state index in [1.807, 2.05) is 44.2 Å². The van der Waals surface area contributed by atoms with E-state index < -0.39 is 0 Å². The number of aromatic amines is 1. The van der Waals surface area contributed by atoms with Crippen LogP contribution in [0.15, 0.2) is 58.3 Å². The van der Waals surface area contributed by atoms with Crippen LogP contribution in [0.3, 0.4) is 0 Å². The van der Waals surface area contributed by atoms with Crippen molar-refractivity contribution in [3.05, 3.63) is 75.7 Å². The number of nitrogens with zero attached hydrogens (tertiary/aromatic N) is 2. The summed E-state index contributed by atoms with van der Waals surface area (Å²) in [5.74, 6) is 0.0865. The lowest BCUT2D eigenvalue weighted by molar-refractivity contribution is 0.477. The summed E-state index contributed by atoms with van der Waals surface area (Å²) < 4.78 is 1.48. The standard InChI is InChI=1S/C18H17N3O2/c1-12-8-9-17(22)16(10-12)19-11-15-13(2)20-21(18(15)23)14-6-4-3-5-7-14/h3-11,20,22H,1-2H3. The Hall–Kier alpha value is -3.08. The molecule has 2 aromatic carbocycles. The zero-order valence-corrected chi connectivity index (χ0v) is 12.9. The molecule has 5 heteroatoms. The number of aliphatic imine (C=N–C) groups is 1. The molecule has 1 aromatic heterocycles. The maximum atomic E-state index is 12.5. The van der Waals surface area contributed by atoms with Crippen molar-refractivity contribution in [1.82, 2.24) is 9.78 Å². The Morgan fingerprint density at radius 1 is 1.13 bits per heavy atom. The van der Waals surface area contributed by atoms with Crippen LogP contribution in [0.5, 0.6) is 5.75 Å². The van der Waals surface area contributed by atoms with Crippen LogP contribution < -0.4 is 5.56 Å². The van der Waals surface area contributed by atoms with Gasteiger partial charge < -0.3 is 5.11 Å². The third-order valence-corrected chi connectivity index (χ3v) is 3.60. The van der Waals surface area contributed by atoms with E-state index in [2.05, 4.69) is 10.1 Å². The van der Waals surface area contributed by atoms with E-state index in [0.717, 1.165) is 16.9 Å². The molecule has 0 amide bonds. The number of phenols is 1. The summed E-state index contributed by atoms with van der Waals surface area (Å²) in [5, 5.41) is 12.9. The Labute approximate surface area is 133 Å². The van der Waals surface area contributed by atoms with Crippen LogP contribution in [0.25, 0.3) is 5.69 Å². The van der Waals surface area contributed by atoms with Crippen LogP contribution in [0.1, 0.15) is 16.8 Å². The molecule has 0 aliphatic heterocycles. The highest BCUT2D eigenvalue weighted by Gasteiger charge is 2.10. The smallest absolute Gasteiger partial charge is 0.280 e. The number of aromatic hydroxyl groups is 1. The summed E-state index contributed by atoms with van der Waals surface area (Å²) >= 11 is 0. The fourth-order valence-corrected chi connectivity index (χ4v) is 2.34. The average Bonchev–Trinajstić information content (AvgIpc) is 2.84. The summed E-state index contributed by atoms with van der Waals surface area (Å²) in [4.78, 5) is 16.8. The number of nitrogens with one attached hydrogen (secondary N) is 1. The highest BCUT2D eigenvalue weighted by molar-refractivity contribution is 5.83. The number of para-hydroxylation sites is 1. The molecule has 0 fully saturated rings. The minimum Gasteiger partial charge on any atom is -0.506 e. The van der Waals surface area contributed by atoms with E-state index in [-0.39, 0.29) is 11.3 Å². The fourth-order valence-electron chi connectivity index (χ4n) is 2.34. The summed E-state index contributed by atoms with van der Waals surface area (Å²) in [6, 6.07) is 14.5. The van der Waals surface area contributed by atoms with Crippen LogP contribution in [-0.4, -0.2) is 21.1 Å². The SMILES string of the molecule is Cc1ccc(O)c(N=Cc2c(C)[nH]n(-c3ccccc3)c2=O)c1. The molecule has 0 aliphatic rings. The average molecular weight is 307 g/mol. The van der Waals surface area contributed by atoms with Crippen LogP contribution in [0.2, 0.25) is 0 Å². The molecule has 5 nitrogen and oxygen atoms in total. The van der Waals surface area contributed by atoms with Crippen LogP contribution in [-0.2, 0) is 0 Å². The van der Waals surface area contributed by atoms with Crippen molar-refractivity contribution < 1.29 is 5.11 Å². The largest absolute Gasteiger partial charge is 0.506 e. The van der Waals surface area contributed by atoms with Crippen molar-refractivity contribution in [3.63, 3.8) is 0 Å². The van der Waals surface area contributed by atoms with Gasteiger partial charge in [0.2, 0.25) is 0 Å². The minimum atomic E-state index is -0.176. The number of rotatable bonds is 3. The molecule has 0 radical (unpaired) electrons. The molecule has 0 atom stereocenters. The molecule has 0 saturated heterocycles. The van der Waals surface area contributed by atoms with Gasteiger partial charge in [0.1, 0.15) is 11.4 Å². The fraction of sp³-hybridized carbons (Fsp3) is 0.111. The monoisotopic (exact) mass is 307 g/mol. The Bertz CT molecular complexity index is 921. The Kier molecular flexibility index (Phi) is 3.85. The molecule has 23 heavy (non-hydrogen) atoms. The molecule has 0 bridgehead atoms. The normalized spacial score (nSPS) is 11.2. The van der Waals surface area contributed by atoms with Crippen LogP contribution in [0.4, 0.5) is 5.69 Å². The minimum absolute atomic E-state index is 0.0865. The predicted octanol–water partition coefficient (Wildman–Crippen LogP) is 3.24. The molecule has 3 rings (SSSR count). The van der Waals surface area contributed by atoms with E-state index in [1.165, 1.54) is 10.9 Å². The van der Waals surface area contributed by atoms with Crippen LogP contribution in [0, 0.1) is 13.8 Å². The Balaban J connectivity index is 2.02. The van der Waals surface area contributed by atoms with Gasteiger partial charge in [-0.3, -0.25) is 14.9 Å². The number of H-pyrrole nitrogens is 1. The number of hydrogen-bond acceptors (Lipinski definition) is 3. The highest BCUT2D eigenvalue weighted by atomic mass is 16.3. The van der Waals surface area contributed by atoms with Crippen molar-refractivity contribution in [1.29, 1.82) is 0 Å². The van der Waals surface area contributed by atoms with Gasteiger partial charge >= 0.3 is 0 Å². The predicted molar refractivity (Wildman–Crippen MR) is 91.2 cm³/mol. The summed E-state index contributed by atoms with van der Waals surface area (Å²) in [6.07, 6.45) is 1.49. The lowest BCUT2D eigenvalue weighted by atomic mass is 10.2. The molecule has 0 unspecified atom stereocenters. The maximum Gasteiger partial charge on any atom is 0.280 e. The first kappa shape index (κ1) is 14.8. The van der Waals surface area contributed by atoms with E-state index >= 15 is 0 Å². The molecule has 0 saturated carbocycles.